The lowest BCUT2D eigenvalue weighted by Gasteiger charge is -2.61. The zero-order chi connectivity index (χ0) is 33.3. The second-order valence-electron chi connectivity index (χ2n) is 14.2. The van der Waals surface area contributed by atoms with Gasteiger partial charge in [0.25, 0.3) is 0 Å². The van der Waals surface area contributed by atoms with Crippen LogP contribution >= 0.6 is 0 Å². The molecule has 7 N–H and O–H groups in total. The first kappa shape index (κ1) is 33.7. The Bertz CT molecular complexity index is 1430. The number of carbonyl (C=O) groups is 3. The summed E-state index contributed by atoms with van der Waals surface area (Å²) in [6, 6.07) is 2.22. The van der Waals surface area contributed by atoms with Crippen molar-refractivity contribution in [1.82, 2.24) is 5.32 Å². The third-order valence-electron chi connectivity index (χ3n) is 11.8. The van der Waals surface area contributed by atoms with E-state index in [9.17, 15) is 29.4 Å². The van der Waals surface area contributed by atoms with Gasteiger partial charge >= 0.3 is 17.6 Å². The van der Waals surface area contributed by atoms with Crippen LogP contribution in [0, 0.1) is 22.7 Å². The maximum absolute atomic E-state index is 12.7. The Hall–Kier alpha value is -3.67. The minimum Gasteiger partial charge on any atom is -0.480 e. The highest BCUT2D eigenvalue weighted by Crippen LogP contribution is 2.70. The van der Waals surface area contributed by atoms with Crippen LogP contribution in [-0.2, 0) is 19.1 Å². The second kappa shape index (κ2) is 13.2. The molecular formula is C34H48N4O8. The normalized spacial score (nSPS) is 33.8. The molecule has 3 fully saturated rings. The number of carboxylic acids is 1. The van der Waals surface area contributed by atoms with E-state index in [1.54, 1.807) is 6.26 Å². The van der Waals surface area contributed by atoms with Crippen LogP contribution in [-0.4, -0.2) is 58.3 Å². The molecule has 4 aliphatic carbocycles. The summed E-state index contributed by atoms with van der Waals surface area (Å²) in [5, 5.41) is 24.3. The summed E-state index contributed by atoms with van der Waals surface area (Å²) in [5.74, 6) is -1.66. The fourth-order valence-electron chi connectivity index (χ4n) is 9.33. The molecule has 1 amide bonds. The molecule has 1 aromatic heterocycles. The molecule has 0 unspecified atom stereocenters. The number of carbonyl (C=O) groups excluding carboxylic acids is 2. The van der Waals surface area contributed by atoms with Gasteiger partial charge in [0.05, 0.1) is 18.3 Å². The van der Waals surface area contributed by atoms with Crippen LogP contribution in [0.2, 0.25) is 0 Å². The van der Waals surface area contributed by atoms with Crippen molar-refractivity contribution >= 4 is 23.8 Å². The number of hydrogen-bond acceptors (Lipinski definition) is 8. The predicted molar refractivity (Wildman–Crippen MR) is 169 cm³/mol. The summed E-state index contributed by atoms with van der Waals surface area (Å²) < 4.78 is 11.0. The highest BCUT2D eigenvalue weighted by Gasteiger charge is 2.66. The van der Waals surface area contributed by atoms with E-state index in [1.165, 1.54) is 11.6 Å². The number of allylic oxidation sites excluding steroid dienone is 1. The first-order chi connectivity index (χ1) is 21.8. The molecule has 0 bridgehead atoms. The van der Waals surface area contributed by atoms with E-state index < -0.39 is 29.5 Å². The predicted octanol–water partition coefficient (Wildman–Crippen LogP) is 3.12. The van der Waals surface area contributed by atoms with Crippen molar-refractivity contribution in [3.05, 3.63) is 46.0 Å². The van der Waals surface area contributed by atoms with E-state index >= 15 is 0 Å². The van der Waals surface area contributed by atoms with Crippen molar-refractivity contribution < 1.29 is 33.8 Å². The molecule has 4 aliphatic rings. The highest BCUT2D eigenvalue weighted by molar-refractivity contribution is 5.85. The maximum Gasteiger partial charge on any atom is 0.335 e. The van der Waals surface area contributed by atoms with Crippen LogP contribution in [0.15, 0.2) is 44.2 Å². The van der Waals surface area contributed by atoms with Crippen molar-refractivity contribution in [2.45, 2.75) is 115 Å². The van der Waals surface area contributed by atoms with Crippen molar-refractivity contribution in [3.63, 3.8) is 0 Å². The number of nitrogens with one attached hydrogen (secondary N) is 1. The van der Waals surface area contributed by atoms with Crippen LogP contribution < -0.4 is 22.4 Å². The number of carboxylic acid groups (broad SMARTS) is 1. The minimum atomic E-state index is -1.17. The molecule has 0 spiro atoms. The largest absolute Gasteiger partial charge is 0.480 e. The zero-order valence-electron chi connectivity index (χ0n) is 26.8. The average Bonchev–Trinajstić information content (AvgIpc) is 3.29. The Balaban J connectivity index is 1.16. The van der Waals surface area contributed by atoms with Gasteiger partial charge in [0.1, 0.15) is 12.1 Å². The zero-order valence-corrected chi connectivity index (χ0v) is 26.8. The molecule has 0 aliphatic heterocycles. The lowest BCUT2D eigenvalue weighted by atomic mass is 9.45. The number of aliphatic carboxylic acids is 1. The number of hydrogen-bond donors (Lipinski definition) is 5. The van der Waals surface area contributed by atoms with Crippen LogP contribution in [0.25, 0.3) is 0 Å². The van der Waals surface area contributed by atoms with Gasteiger partial charge in [-0.25, -0.2) is 9.59 Å². The van der Waals surface area contributed by atoms with E-state index in [2.05, 4.69) is 30.2 Å². The first-order valence-corrected chi connectivity index (χ1v) is 16.6. The van der Waals surface area contributed by atoms with Crippen molar-refractivity contribution in [2.75, 3.05) is 6.54 Å². The summed E-state index contributed by atoms with van der Waals surface area (Å²) in [7, 11) is 0. The summed E-state index contributed by atoms with van der Waals surface area (Å²) >= 11 is 0. The standard InChI is InChI=1S/C34H48N4O8/c1-32-14-11-22(46-29(41)10-8-27(39)38-26(30(42)43)4-3-17-37-31(35)36)18-21(32)6-7-25-24(32)12-15-33(2)23(13-16-34(25,33)44)20-5-9-28(40)45-19-20/h5,9,18-19,22-26,44H,3-4,6-8,10-17H2,1-2H3,(H,38,39)(H,42,43)(H4,35,36,37)/t22-,23+,24-,25+,26-,32-,33+,34-/m0/s1. The Morgan fingerprint density at radius 3 is 2.57 bits per heavy atom. The number of amides is 1. The average molecular weight is 641 g/mol. The number of guanidine groups is 1. The molecule has 12 nitrogen and oxygen atoms in total. The van der Waals surface area contributed by atoms with E-state index in [0.717, 1.165) is 50.5 Å². The maximum atomic E-state index is 12.7. The SMILES string of the molecule is C[C@]12CC[C@H](OC(=O)CCC(=O)N[C@@H](CCCN=C(N)N)C(=O)O)C=C1CC[C@@H]1[C@@H]2CC[C@]2(C)[C@@H](c3ccc(=O)oc3)CC[C@]12O. The van der Waals surface area contributed by atoms with Crippen LogP contribution in [0.3, 0.4) is 0 Å². The molecule has 3 saturated carbocycles. The molecular weight excluding hydrogens is 592 g/mol. The van der Waals surface area contributed by atoms with E-state index in [0.29, 0.717) is 18.8 Å². The van der Waals surface area contributed by atoms with Gasteiger partial charge in [0, 0.05) is 24.4 Å². The highest BCUT2D eigenvalue weighted by atomic mass is 16.5. The van der Waals surface area contributed by atoms with Gasteiger partial charge < -0.3 is 36.2 Å². The van der Waals surface area contributed by atoms with E-state index in [4.69, 9.17) is 20.6 Å². The molecule has 5 rings (SSSR count). The van der Waals surface area contributed by atoms with Gasteiger partial charge in [0.2, 0.25) is 5.91 Å². The summed E-state index contributed by atoms with van der Waals surface area (Å²) in [6.07, 6.45) is 10.2. The molecule has 46 heavy (non-hydrogen) atoms. The van der Waals surface area contributed by atoms with Gasteiger partial charge in [-0.3, -0.25) is 14.6 Å². The third-order valence-corrected chi connectivity index (χ3v) is 11.8. The number of nitrogens with two attached hydrogens (primary N) is 2. The van der Waals surface area contributed by atoms with E-state index in [1.807, 2.05) is 6.07 Å². The van der Waals surface area contributed by atoms with Gasteiger partial charge in [-0.2, -0.15) is 0 Å². The van der Waals surface area contributed by atoms with Crippen molar-refractivity contribution in [3.8, 4) is 0 Å². The van der Waals surface area contributed by atoms with Gasteiger partial charge in [-0.05, 0) is 105 Å². The van der Waals surface area contributed by atoms with Gasteiger partial charge in [-0.1, -0.05) is 19.4 Å². The Morgan fingerprint density at radius 1 is 1.09 bits per heavy atom. The molecule has 1 aromatic rings. The monoisotopic (exact) mass is 640 g/mol. The first-order valence-electron chi connectivity index (χ1n) is 16.6. The molecule has 8 atom stereocenters. The quantitative estimate of drug-likeness (QED) is 0.0785. The molecule has 0 saturated heterocycles. The lowest BCUT2D eigenvalue weighted by Crippen LogP contribution is -2.60. The van der Waals surface area contributed by atoms with Crippen LogP contribution in [0.4, 0.5) is 0 Å². The lowest BCUT2D eigenvalue weighted by molar-refractivity contribution is -0.178. The number of fused-ring (bicyclic) bond motifs is 5. The fourth-order valence-corrected chi connectivity index (χ4v) is 9.33. The summed E-state index contributed by atoms with van der Waals surface area (Å²) in [4.78, 5) is 52.0. The smallest absolute Gasteiger partial charge is 0.335 e. The van der Waals surface area contributed by atoms with Crippen LogP contribution in [0.1, 0.15) is 102 Å². The number of rotatable bonds is 11. The summed E-state index contributed by atoms with van der Waals surface area (Å²) in [6.45, 7) is 4.77. The summed E-state index contributed by atoms with van der Waals surface area (Å²) in [5.41, 5.74) is 11.3. The molecule has 0 aromatic carbocycles. The van der Waals surface area contributed by atoms with Gasteiger partial charge in [-0.15, -0.1) is 0 Å². The molecule has 1 heterocycles. The minimum absolute atomic E-state index is 0.0824. The molecule has 12 heteroatoms. The molecule has 252 valence electrons. The van der Waals surface area contributed by atoms with E-state index in [-0.39, 0.29) is 66.2 Å². The Kier molecular flexibility index (Phi) is 9.68. The number of aliphatic imine (C=N–C) groups is 1. The Labute approximate surface area is 269 Å². The topological polar surface area (TPSA) is 208 Å². The molecule has 0 radical (unpaired) electrons. The van der Waals surface area contributed by atoms with Crippen molar-refractivity contribution in [2.24, 2.45) is 39.1 Å². The van der Waals surface area contributed by atoms with Crippen molar-refractivity contribution in [1.29, 1.82) is 0 Å². The fraction of sp³-hybridized carbons (Fsp3) is 0.676. The third kappa shape index (κ3) is 6.45. The number of esters is 1. The van der Waals surface area contributed by atoms with Gasteiger partial charge in [0.15, 0.2) is 5.96 Å². The van der Waals surface area contributed by atoms with Crippen LogP contribution in [0.5, 0.6) is 0 Å². The number of ether oxygens (including phenoxy) is 1. The Morgan fingerprint density at radius 2 is 1.87 bits per heavy atom. The number of nitrogens with zero attached hydrogens (tertiary/aromatic N) is 1. The number of aliphatic hydroxyl groups is 1. The second-order valence-corrected chi connectivity index (χ2v) is 14.2.